The fraction of sp³-hybridized carbons (Fsp3) is 0.917. The SMILES string of the molecule is C[C@H]1CCCC[C@@H]1NC(=O)[C@@H]1CCCN1. The minimum atomic E-state index is 0.0825. The van der Waals surface area contributed by atoms with Gasteiger partial charge < -0.3 is 10.6 Å². The van der Waals surface area contributed by atoms with Crippen LogP contribution < -0.4 is 10.6 Å². The van der Waals surface area contributed by atoms with E-state index in [0.717, 1.165) is 19.4 Å². The third-order valence-electron chi connectivity index (χ3n) is 3.82. The standard InChI is InChI=1S/C12H22N2O/c1-9-5-2-3-6-10(9)14-12(15)11-7-4-8-13-11/h9-11,13H,2-8H2,1H3,(H,14,15)/t9-,10-,11-/m0/s1. The number of amides is 1. The zero-order chi connectivity index (χ0) is 10.7. The van der Waals surface area contributed by atoms with E-state index in [1.165, 1.54) is 25.7 Å². The van der Waals surface area contributed by atoms with E-state index >= 15 is 0 Å². The first-order chi connectivity index (χ1) is 7.27. The van der Waals surface area contributed by atoms with Gasteiger partial charge in [0.2, 0.25) is 5.91 Å². The Bertz CT molecular complexity index is 224. The van der Waals surface area contributed by atoms with Crippen molar-refractivity contribution >= 4 is 5.91 Å². The lowest BCUT2D eigenvalue weighted by molar-refractivity contribution is -0.124. The fourth-order valence-corrected chi connectivity index (χ4v) is 2.72. The van der Waals surface area contributed by atoms with E-state index in [1.807, 2.05) is 0 Å². The highest BCUT2D eigenvalue weighted by molar-refractivity contribution is 5.82. The predicted molar refractivity (Wildman–Crippen MR) is 60.6 cm³/mol. The van der Waals surface area contributed by atoms with E-state index in [9.17, 15) is 4.79 Å². The van der Waals surface area contributed by atoms with Crippen molar-refractivity contribution in [2.45, 2.75) is 57.5 Å². The maximum absolute atomic E-state index is 11.9. The van der Waals surface area contributed by atoms with E-state index < -0.39 is 0 Å². The molecule has 1 heterocycles. The summed E-state index contributed by atoms with van der Waals surface area (Å²) < 4.78 is 0. The topological polar surface area (TPSA) is 41.1 Å². The van der Waals surface area contributed by atoms with Gasteiger partial charge in [0.25, 0.3) is 0 Å². The van der Waals surface area contributed by atoms with Crippen LogP contribution in [-0.2, 0) is 4.79 Å². The van der Waals surface area contributed by atoms with Crippen molar-refractivity contribution in [2.24, 2.45) is 5.92 Å². The first kappa shape index (κ1) is 10.9. The molecule has 0 aromatic heterocycles. The number of carbonyl (C=O) groups excluding carboxylic acids is 1. The Morgan fingerprint density at radius 3 is 2.67 bits per heavy atom. The molecule has 3 atom stereocenters. The molecule has 2 aliphatic rings. The third-order valence-corrected chi connectivity index (χ3v) is 3.82. The van der Waals surface area contributed by atoms with Crippen molar-refractivity contribution in [1.82, 2.24) is 10.6 Å². The van der Waals surface area contributed by atoms with E-state index in [1.54, 1.807) is 0 Å². The van der Waals surface area contributed by atoms with Gasteiger partial charge in [0.05, 0.1) is 6.04 Å². The Balaban J connectivity index is 1.81. The average Bonchev–Trinajstić information content (AvgIpc) is 2.74. The molecule has 1 aliphatic carbocycles. The van der Waals surface area contributed by atoms with Crippen LogP contribution in [0.25, 0.3) is 0 Å². The van der Waals surface area contributed by atoms with Crippen molar-refractivity contribution in [3.8, 4) is 0 Å². The summed E-state index contributed by atoms with van der Waals surface area (Å²) in [5.41, 5.74) is 0. The molecule has 86 valence electrons. The normalized spacial score (nSPS) is 36.5. The second-order valence-electron chi connectivity index (χ2n) is 5.03. The van der Waals surface area contributed by atoms with E-state index in [4.69, 9.17) is 0 Å². The van der Waals surface area contributed by atoms with Crippen LogP contribution in [-0.4, -0.2) is 24.5 Å². The van der Waals surface area contributed by atoms with Gasteiger partial charge in [-0.3, -0.25) is 4.79 Å². The van der Waals surface area contributed by atoms with E-state index in [-0.39, 0.29) is 11.9 Å². The van der Waals surface area contributed by atoms with Crippen molar-refractivity contribution < 1.29 is 4.79 Å². The maximum atomic E-state index is 11.9. The molecule has 2 fully saturated rings. The molecule has 1 amide bonds. The van der Waals surface area contributed by atoms with Crippen LogP contribution in [0.5, 0.6) is 0 Å². The Labute approximate surface area is 92.0 Å². The monoisotopic (exact) mass is 210 g/mol. The Morgan fingerprint density at radius 1 is 1.20 bits per heavy atom. The lowest BCUT2D eigenvalue weighted by atomic mass is 9.86. The van der Waals surface area contributed by atoms with Gasteiger partial charge >= 0.3 is 0 Å². The number of hydrogen-bond acceptors (Lipinski definition) is 2. The quantitative estimate of drug-likeness (QED) is 0.724. The molecule has 15 heavy (non-hydrogen) atoms. The largest absolute Gasteiger partial charge is 0.352 e. The highest BCUT2D eigenvalue weighted by atomic mass is 16.2. The maximum Gasteiger partial charge on any atom is 0.237 e. The summed E-state index contributed by atoms with van der Waals surface area (Å²) in [6.45, 7) is 3.25. The van der Waals surface area contributed by atoms with Gasteiger partial charge in [-0.25, -0.2) is 0 Å². The number of carbonyl (C=O) groups is 1. The molecule has 0 radical (unpaired) electrons. The van der Waals surface area contributed by atoms with Crippen molar-refractivity contribution in [3.63, 3.8) is 0 Å². The Morgan fingerprint density at radius 2 is 2.00 bits per heavy atom. The zero-order valence-corrected chi connectivity index (χ0v) is 9.59. The third kappa shape index (κ3) is 2.71. The summed E-state index contributed by atoms with van der Waals surface area (Å²) in [4.78, 5) is 11.9. The molecule has 0 aromatic rings. The second kappa shape index (κ2) is 4.97. The van der Waals surface area contributed by atoms with E-state index in [0.29, 0.717) is 12.0 Å². The molecule has 2 rings (SSSR count). The van der Waals surface area contributed by atoms with Crippen LogP contribution in [0.3, 0.4) is 0 Å². The van der Waals surface area contributed by atoms with Gasteiger partial charge in [0.15, 0.2) is 0 Å². The Kier molecular flexibility index (Phi) is 3.62. The Hall–Kier alpha value is -0.570. The average molecular weight is 210 g/mol. The first-order valence-electron chi connectivity index (χ1n) is 6.31. The summed E-state index contributed by atoms with van der Waals surface area (Å²) in [5, 5.41) is 6.46. The minimum Gasteiger partial charge on any atom is -0.352 e. The summed E-state index contributed by atoms with van der Waals surface area (Å²) >= 11 is 0. The molecule has 0 spiro atoms. The van der Waals surface area contributed by atoms with Gasteiger partial charge in [0.1, 0.15) is 0 Å². The van der Waals surface area contributed by atoms with Crippen LogP contribution in [0.4, 0.5) is 0 Å². The number of nitrogens with one attached hydrogen (secondary N) is 2. The van der Waals surface area contributed by atoms with Gasteiger partial charge in [-0.2, -0.15) is 0 Å². The summed E-state index contributed by atoms with van der Waals surface area (Å²) in [6.07, 6.45) is 7.18. The van der Waals surface area contributed by atoms with Crippen LogP contribution in [0.1, 0.15) is 45.4 Å². The number of hydrogen-bond donors (Lipinski definition) is 2. The molecular formula is C12H22N2O. The molecule has 1 saturated heterocycles. The summed E-state index contributed by atoms with van der Waals surface area (Å²) in [5.74, 6) is 0.885. The number of rotatable bonds is 2. The van der Waals surface area contributed by atoms with Crippen LogP contribution in [0.2, 0.25) is 0 Å². The summed E-state index contributed by atoms with van der Waals surface area (Å²) in [7, 11) is 0. The fourth-order valence-electron chi connectivity index (χ4n) is 2.72. The molecule has 0 bridgehead atoms. The molecule has 3 heteroatoms. The van der Waals surface area contributed by atoms with Crippen molar-refractivity contribution in [3.05, 3.63) is 0 Å². The van der Waals surface area contributed by atoms with E-state index in [2.05, 4.69) is 17.6 Å². The molecular weight excluding hydrogens is 188 g/mol. The van der Waals surface area contributed by atoms with Gasteiger partial charge in [0, 0.05) is 6.04 Å². The lowest BCUT2D eigenvalue weighted by Gasteiger charge is -2.30. The molecule has 2 N–H and O–H groups in total. The highest BCUT2D eigenvalue weighted by Gasteiger charge is 2.27. The minimum absolute atomic E-state index is 0.0825. The molecule has 3 nitrogen and oxygen atoms in total. The molecule has 1 saturated carbocycles. The zero-order valence-electron chi connectivity index (χ0n) is 9.59. The second-order valence-corrected chi connectivity index (χ2v) is 5.03. The van der Waals surface area contributed by atoms with Crippen molar-refractivity contribution in [2.75, 3.05) is 6.54 Å². The van der Waals surface area contributed by atoms with Gasteiger partial charge in [-0.05, 0) is 38.1 Å². The van der Waals surface area contributed by atoms with Crippen LogP contribution in [0.15, 0.2) is 0 Å². The van der Waals surface area contributed by atoms with Crippen LogP contribution in [0, 0.1) is 5.92 Å². The van der Waals surface area contributed by atoms with Gasteiger partial charge in [-0.15, -0.1) is 0 Å². The van der Waals surface area contributed by atoms with Crippen LogP contribution >= 0.6 is 0 Å². The predicted octanol–water partition coefficient (Wildman–Crippen LogP) is 1.43. The van der Waals surface area contributed by atoms with Gasteiger partial charge in [-0.1, -0.05) is 19.8 Å². The highest BCUT2D eigenvalue weighted by Crippen LogP contribution is 2.23. The van der Waals surface area contributed by atoms with Crippen molar-refractivity contribution in [1.29, 1.82) is 0 Å². The molecule has 0 aromatic carbocycles. The lowest BCUT2D eigenvalue weighted by Crippen LogP contribution is -2.48. The molecule has 0 unspecified atom stereocenters. The summed E-state index contributed by atoms with van der Waals surface area (Å²) in [6, 6.07) is 0.507. The molecule has 1 aliphatic heterocycles. The smallest absolute Gasteiger partial charge is 0.237 e. The first-order valence-corrected chi connectivity index (χ1v) is 6.31.